The van der Waals surface area contributed by atoms with Gasteiger partial charge in [0.15, 0.2) is 5.78 Å². The first-order chi connectivity index (χ1) is 15.0. The van der Waals surface area contributed by atoms with Crippen molar-refractivity contribution >= 4 is 29.3 Å². The molecular formula is C24H15NO6. The summed E-state index contributed by atoms with van der Waals surface area (Å²) in [6.07, 6.45) is 3.34. The van der Waals surface area contributed by atoms with Crippen LogP contribution in [0.15, 0.2) is 72.8 Å². The summed E-state index contributed by atoms with van der Waals surface area (Å²) in [5.74, 6) is -2.12. The van der Waals surface area contributed by atoms with Crippen molar-refractivity contribution in [2.24, 2.45) is 0 Å². The molecule has 7 heteroatoms. The maximum absolute atomic E-state index is 13.0. The lowest BCUT2D eigenvalue weighted by atomic mass is 9.82. The van der Waals surface area contributed by atoms with Crippen molar-refractivity contribution in [3.05, 3.63) is 116 Å². The highest BCUT2D eigenvalue weighted by atomic mass is 16.6. The lowest BCUT2D eigenvalue weighted by Gasteiger charge is -2.18. The molecule has 31 heavy (non-hydrogen) atoms. The van der Waals surface area contributed by atoms with E-state index in [1.807, 2.05) is 30.3 Å². The van der Waals surface area contributed by atoms with E-state index in [1.54, 1.807) is 24.3 Å². The Morgan fingerprint density at radius 3 is 2.19 bits per heavy atom. The van der Waals surface area contributed by atoms with E-state index < -0.39 is 28.1 Å². The summed E-state index contributed by atoms with van der Waals surface area (Å²) in [7, 11) is 0. The van der Waals surface area contributed by atoms with Gasteiger partial charge >= 0.3 is 5.97 Å². The smallest absolute Gasteiger partial charge is 0.345 e. The van der Waals surface area contributed by atoms with Crippen LogP contribution < -0.4 is 0 Å². The van der Waals surface area contributed by atoms with E-state index in [2.05, 4.69) is 0 Å². The van der Waals surface area contributed by atoms with Crippen molar-refractivity contribution in [1.29, 1.82) is 0 Å². The van der Waals surface area contributed by atoms with Crippen LogP contribution in [0, 0.1) is 10.1 Å². The van der Waals surface area contributed by atoms with Crippen LogP contribution >= 0.6 is 0 Å². The number of hydrogen-bond donors (Lipinski definition) is 0. The number of benzene rings is 3. The van der Waals surface area contributed by atoms with Crippen molar-refractivity contribution in [2.45, 2.75) is 0 Å². The zero-order valence-electron chi connectivity index (χ0n) is 16.1. The van der Waals surface area contributed by atoms with E-state index in [9.17, 15) is 24.5 Å². The topological polar surface area (TPSA) is 104 Å². The standard InChI is InChI=1S/C24H15NO6/c26-22-16-10-4-5-11-17(16)23(27)20-18(22)12-13-19(21(20)25(29)30)24(28)31-14-6-9-15-7-2-1-3-8-15/h1-13H,14H2. The SMILES string of the molecule is O=C1c2ccccc2C(=O)c2c1ccc(C(=O)OCC=Cc1ccccc1)c2[N+](=O)[O-]. The van der Waals surface area contributed by atoms with Gasteiger partial charge in [0.25, 0.3) is 5.69 Å². The first kappa shape index (κ1) is 19.9. The third-order valence-electron chi connectivity index (χ3n) is 4.89. The zero-order valence-corrected chi connectivity index (χ0v) is 16.1. The van der Waals surface area contributed by atoms with Crippen LogP contribution in [0.3, 0.4) is 0 Å². The van der Waals surface area contributed by atoms with Crippen molar-refractivity contribution in [2.75, 3.05) is 6.61 Å². The molecule has 7 nitrogen and oxygen atoms in total. The van der Waals surface area contributed by atoms with Gasteiger partial charge in [-0.25, -0.2) is 4.79 Å². The lowest BCUT2D eigenvalue weighted by molar-refractivity contribution is -0.385. The van der Waals surface area contributed by atoms with Crippen LogP contribution in [0.1, 0.15) is 47.8 Å². The fourth-order valence-electron chi connectivity index (χ4n) is 3.47. The molecule has 0 spiro atoms. The minimum atomic E-state index is -0.952. The molecule has 0 unspecified atom stereocenters. The highest BCUT2D eigenvalue weighted by molar-refractivity contribution is 6.30. The first-order valence-electron chi connectivity index (χ1n) is 9.37. The minimum absolute atomic E-state index is 0.0689. The van der Waals surface area contributed by atoms with E-state index in [4.69, 9.17) is 4.74 Å². The second-order valence-electron chi connectivity index (χ2n) is 6.76. The van der Waals surface area contributed by atoms with Crippen molar-refractivity contribution < 1.29 is 24.0 Å². The number of ketones is 2. The molecule has 4 rings (SSSR count). The van der Waals surface area contributed by atoms with E-state index >= 15 is 0 Å². The van der Waals surface area contributed by atoms with Gasteiger partial charge in [-0.2, -0.15) is 0 Å². The maximum Gasteiger partial charge on any atom is 0.345 e. The van der Waals surface area contributed by atoms with Gasteiger partial charge in [-0.05, 0) is 23.8 Å². The average Bonchev–Trinajstić information content (AvgIpc) is 2.79. The molecule has 3 aromatic carbocycles. The molecule has 0 atom stereocenters. The summed E-state index contributed by atoms with van der Waals surface area (Å²) in [4.78, 5) is 49.2. The maximum atomic E-state index is 13.0. The molecule has 0 fully saturated rings. The highest BCUT2D eigenvalue weighted by Gasteiger charge is 2.38. The van der Waals surface area contributed by atoms with Crippen LogP contribution in [0.5, 0.6) is 0 Å². The molecule has 3 aromatic rings. The van der Waals surface area contributed by atoms with Gasteiger partial charge in [0, 0.05) is 16.7 Å². The fraction of sp³-hybridized carbons (Fsp3) is 0.0417. The zero-order chi connectivity index (χ0) is 22.0. The van der Waals surface area contributed by atoms with Gasteiger partial charge in [0.05, 0.1) is 4.92 Å². The quantitative estimate of drug-likeness (QED) is 0.275. The van der Waals surface area contributed by atoms with Crippen LogP contribution in [0.25, 0.3) is 6.08 Å². The molecule has 152 valence electrons. The summed E-state index contributed by atoms with van der Waals surface area (Å²) < 4.78 is 5.14. The predicted molar refractivity (Wildman–Crippen MR) is 112 cm³/mol. The summed E-state index contributed by atoms with van der Waals surface area (Å²) >= 11 is 0. The highest BCUT2D eigenvalue weighted by Crippen LogP contribution is 2.35. The Kier molecular flexibility index (Phi) is 5.24. The van der Waals surface area contributed by atoms with Crippen LogP contribution in [0.4, 0.5) is 5.69 Å². The predicted octanol–water partition coefficient (Wildman–Crippen LogP) is 4.24. The van der Waals surface area contributed by atoms with E-state index in [0.717, 1.165) is 11.6 Å². The largest absolute Gasteiger partial charge is 0.458 e. The number of nitro groups is 1. The molecule has 0 saturated carbocycles. The molecule has 0 aliphatic heterocycles. The number of esters is 1. The number of rotatable bonds is 5. The second-order valence-corrected chi connectivity index (χ2v) is 6.76. The van der Waals surface area contributed by atoms with Crippen LogP contribution in [-0.2, 0) is 4.74 Å². The van der Waals surface area contributed by atoms with Crippen LogP contribution in [0.2, 0.25) is 0 Å². The monoisotopic (exact) mass is 413 g/mol. The van der Waals surface area contributed by atoms with Gasteiger partial charge in [-0.3, -0.25) is 19.7 Å². The molecule has 0 heterocycles. The number of hydrogen-bond acceptors (Lipinski definition) is 6. The minimum Gasteiger partial charge on any atom is -0.458 e. The Morgan fingerprint density at radius 2 is 1.52 bits per heavy atom. The first-order valence-corrected chi connectivity index (χ1v) is 9.37. The lowest BCUT2D eigenvalue weighted by Crippen LogP contribution is -2.23. The number of fused-ring (bicyclic) bond motifs is 2. The van der Waals surface area contributed by atoms with Crippen molar-refractivity contribution in [1.82, 2.24) is 0 Å². The second kappa shape index (κ2) is 8.16. The van der Waals surface area contributed by atoms with E-state index in [0.29, 0.717) is 0 Å². The van der Waals surface area contributed by atoms with Gasteiger partial charge in [0.2, 0.25) is 5.78 Å². The number of nitro benzene ring substituents is 1. The molecule has 1 aliphatic rings. The number of ether oxygens (including phenoxy) is 1. The Balaban J connectivity index is 1.66. The summed E-state index contributed by atoms with van der Waals surface area (Å²) in [5, 5.41) is 11.8. The summed E-state index contributed by atoms with van der Waals surface area (Å²) in [6.45, 7) is -0.113. The fourth-order valence-corrected chi connectivity index (χ4v) is 3.47. The van der Waals surface area contributed by atoms with Gasteiger partial charge < -0.3 is 4.74 Å². The van der Waals surface area contributed by atoms with Gasteiger partial charge in [-0.15, -0.1) is 0 Å². The van der Waals surface area contributed by atoms with E-state index in [1.165, 1.54) is 18.2 Å². The summed E-state index contributed by atoms with van der Waals surface area (Å²) in [5.41, 5.74) is -0.435. The van der Waals surface area contributed by atoms with Gasteiger partial charge in [0.1, 0.15) is 17.7 Å². The Hall–Kier alpha value is -4.39. The molecule has 0 saturated heterocycles. The number of nitrogens with zero attached hydrogens (tertiary/aromatic N) is 1. The van der Waals surface area contributed by atoms with Crippen molar-refractivity contribution in [3.8, 4) is 0 Å². The van der Waals surface area contributed by atoms with Crippen LogP contribution in [-0.4, -0.2) is 29.1 Å². The molecule has 0 radical (unpaired) electrons. The third-order valence-corrected chi connectivity index (χ3v) is 4.89. The molecule has 0 N–H and O–H groups in total. The Labute approximate surface area is 176 Å². The van der Waals surface area contributed by atoms with E-state index in [-0.39, 0.29) is 34.4 Å². The molecule has 0 aromatic heterocycles. The molecule has 0 bridgehead atoms. The number of carbonyl (C=O) groups is 3. The van der Waals surface area contributed by atoms with Gasteiger partial charge in [-0.1, -0.05) is 60.7 Å². The molecule has 1 aliphatic carbocycles. The van der Waals surface area contributed by atoms with Crippen molar-refractivity contribution in [3.63, 3.8) is 0 Å². The summed E-state index contributed by atoms with van der Waals surface area (Å²) in [6, 6.07) is 17.8. The number of carbonyl (C=O) groups excluding carboxylic acids is 3. The Bertz CT molecular complexity index is 1260. The Morgan fingerprint density at radius 1 is 0.871 bits per heavy atom. The third kappa shape index (κ3) is 3.64. The normalized spacial score (nSPS) is 12.4. The molecule has 0 amide bonds. The molecular weight excluding hydrogens is 398 g/mol. The average molecular weight is 413 g/mol.